The standard InChI is InChI=1S/C9H14O2/c10-9-5-4-8(11-9)6-7-2-1-3-7/h7-8H,1-6H2. The van der Waals surface area contributed by atoms with Crippen molar-refractivity contribution < 1.29 is 9.53 Å². The smallest absolute Gasteiger partial charge is 0.306 e. The van der Waals surface area contributed by atoms with Gasteiger partial charge < -0.3 is 4.74 Å². The maximum atomic E-state index is 10.7. The first-order valence-electron chi connectivity index (χ1n) is 4.54. The average molecular weight is 154 g/mol. The molecule has 1 aliphatic heterocycles. The Morgan fingerprint density at radius 3 is 2.64 bits per heavy atom. The van der Waals surface area contributed by atoms with Crippen molar-refractivity contribution in [3.05, 3.63) is 0 Å². The molecule has 2 nitrogen and oxygen atoms in total. The maximum Gasteiger partial charge on any atom is 0.306 e. The van der Waals surface area contributed by atoms with Gasteiger partial charge in [-0.25, -0.2) is 0 Å². The van der Waals surface area contributed by atoms with E-state index in [1.54, 1.807) is 0 Å². The topological polar surface area (TPSA) is 26.3 Å². The minimum atomic E-state index is 0.00863. The minimum Gasteiger partial charge on any atom is -0.462 e. The third-order valence-electron chi connectivity index (χ3n) is 2.79. The van der Waals surface area contributed by atoms with E-state index in [0.29, 0.717) is 6.42 Å². The van der Waals surface area contributed by atoms with Crippen molar-refractivity contribution in [2.75, 3.05) is 0 Å². The van der Waals surface area contributed by atoms with Gasteiger partial charge >= 0.3 is 5.97 Å². The molecule has 0 radical (unpaired) electrons. The van der Waals surface area contributed by atoms with Gasteiger partial charge in [-0.2, -0.15) is 0 Å². The van der Waals surface area contributed by atoms with Crippen LogP contribution in [0.3, 0.4) is 0 Å². The summed E-state index contributed by atoms with van der Waals surface area (Å²) in [5.74, 6) is 0.875. The Labute approximate surface area is 66.9 Å². The van der Waals surface area contributed by atoms with Crippen LogP contribution in [-0.4, -0.2) is 12.1 Å². The SMILES string of the molecule is O=C1CCC(CC2CCC2)O1. The van der Waals surface area contributed by atoms with Gasteiger partial charge in [0.25, 0.3) is 0 Å². The first-order chi connectivity index (χ1) is 5.34. The summed E-state index contributed by atoms with van der Waals surface area (Å²) in [6, 6.07) is 0. The second-order valence-electron chi connectivity index (χ2n) is 3.68. The number of carbonyl (C=O) groups excluding carboxylic acids is 1. The predicted octanol–water partition coefficient (Wildman–Crippen LogP) is 1.88. The molecular formula is C9H14O2. The van der Waals surface area contributed by atoms with Crippen LogP contribution in [0.25, 0.3) is 0 Å². The monoisotopic (exact) mass is 154 g/mol. The fourth-order valence-corrected chi connectivity index (χ4v) is 1.85. The summed E-state index contributed by atoms with van der Waals surface area (Å²) in [6.07, 6.45) is 7.11. The van der Waals surface area contributed by atoms with Crippen molar-refractivity contribution in [3.63, 3.8) is 0 Å². The number of esters is 1. The molecule has 0 bridgehead atoms. The van der Waals surface area contributed by atoms with Crippen LogP contribution < -0.4 is 0 Å². The number of ether oxygens (including phenoxy) is 1. The van der Waals surface area contributed by atoms with Gasteiger partial charge in [0.15, 0.2) is 0 Å². The van der Waals surface area contributed by atoms with Crippen LogP contribution in [0, 0.1) is 5.92 Å². The van der Waals surface area contributed by atoms with E-state index in [1.807, 2.05) is 0 Å². The molecule has 1 saturated carbocycles. The predicted molar refractivity (Wildman–Crippen MR) is 41.1 cm³/mol. The fraction of sp³-hybridized carbons (Fsp3) is 0.889. The molecule has 1 heterocycles. The Bertz CT molecular complexity index is 161. The summed E-state index contributed by atoms with van der Waals surface area (Å²) in [7, 11) is 0. The van der Waals surface area contributed by atoms with E-state index in [-0.39, 0.29) is 12.1 Å². The highest BCUT2D eigenvalue weighted by atomic mass is 16.5. The molecule has 0 aromatic rings. The zero-order valence-electron chi connectivity index (χ0n) is 6.71. The second-order valence-corrected chi connectivity index (χ2v) is 3.68. The summed E-state index contributed by atoms with van der Waals surface area (Å²) in [4.78, 5) is 10.7. The van der Waals surface area contributed by atoms with E-state index < -0.39 is 0 Å². The Morgan fingerprint density at radius 1 is 1.36 bits per heavy atom. The van der Waals surface area contributed by atoms with Gasteiger partial charge in [-0.15, -0.1) is 0 Å². The molecule has 2 aliphatic rings. The van der Waals surface area contributed by atoms with Crippen LogP contribution in [-0.2, 0) is 9.53 Å². The first kappa shape index (κ1) is 7.14. The van der Waals surface area contributed by atoms with Crippen LogP contribution in [0.15, 0.2) is 0 Å². The lowest BCUT2D eigenvalue weighted by Gasteiger charge is -2.27. The lowest BCUT2D eigenvalue weighted by atomic mass is 9.81. The lowest BCUT2D eigenvalue weighted by molar-refractivity contribution is -0.142. The van der Waals surface area contributed by atoms with Gasteiger partial charge in [0, 0.05) is 6.42 Å². The van der Waals surface area contributed by atoms with E-state index in [4.69, 9.17) is 4.74 Å². The fourth-order valence-electron chi connectivity index (χ4n) is 1.85. The molecular weight excluding hydrogens is 140 g/mol. The highest BCUT2D eigenvalue weighted by Crippen LogP contribution is 2.33. The Kier molecular flexibility index (Phi) is 1.84. The summed E-state index contributed by atoms with van der Waals surface area (Å²) in [5.41, 5.74) is 0. The van der Waals surface area contributed by atoms with Gasteiger partial charge in [0.1, 0.15) is 6.10 Å². The minimum absolute atomic E-state index is 0.00863. The Balaban J connectivity index is 1.73. The summed E-state index contributed by atoms with van der Waals surface area (Å²) < 4.78 is 5.13. The zero-order valence-corrected chi connectivity index (χ0v) is 6.71. The normalized spacial score (nSPS) is 31.6. The van der Waals surface area contributed by atoms with E-state index in [0.717, 1.165) is 18.8 Å². The number of cyclic esters (lactones) is 1. The van der Waals surface area contributed by atoms with E-state index in [9.17, 15) is 4.79 Å². The van der Waals surface area contributed by atoms with Crippen LogP contribution in [0.1, 0.15) is 38.5 Å². The largest absolute Gasteiger partial charge is 0.462 e. The van der Waals surface area contributed by atoms with Crippen molar-refractivity contribution >= 4 is 5.97 Å². The van der Waals surface area contributed by atoms with Crippen LogP contribution >= 0.6 is 0 Å². The maximum absolute atomic E-state index is 10.7. The summed E-state index contributed by atoms with van der Waals surface area (Å²) in [6.45, 7) is 0. The van der Waals surface area contributed by atoms with E-state index >= 15 is 0 Å². The number of hydrogen-bond acceptors (Lipinski definition) is 2. The van der Waals surface area contributed by atoms with Crippen molar-refractivity contribution in [3.8, 4) is 0 Å². The van der Waals surface area contributed by atoms with E-state index in [2.05, 4.69) is 0 Å². The van der Waals surface area contributed by atoms with Gasteiger partial charge in [0.05, 0.1) is 0 Å². The van der Waals surface area contributed by atoms with Gasteiger partial charge in [-0.3, -0.25) is 4.79 Å². The zero-order chi connectivity index (χ0) is 7.68. The molecule has 11 heavy (non-hydrogen) atoms. The van der Waals surface area contributed by atoms with E-state index in [1.165, 1.54) is 19.3 Å². The molecule has 0 aromatic carbocycles. The first-order valence-corrected chi connectivity index (χ1v) is 4.54. The molecule has 2 heteroatoms. The molecule has 1 atom stereocenters. The second kappa shape index (κ2) is 2.84. The molecule has 0 N–H and O–H groups in total. The number of hydrogen-bond donors (Lipinski definition) is 0. The molecule has 1 aliphatic carbocycles. The molecule has 2 rings (SSSR count). The third kappa shape index (κ3) is 1.55. The average Bonchev–Trinajstić information content (AvgIpc) is 2.27. The van der Waals surface area contributed by atoms with Gasteiger partial charge in [-0.1, -0.05) is 19.3 Å². The van der Waals surface area contributed by atoms with Crippen molar-refractivity contribution in [2.45, 2.75) is 44.6 Å². The van der Waals surface area contributed by atoms with Gasteiger partial charge in [0.2, 0.25) is 0 Å². The molecule has 62 valence electrons. The summed E-state index contributed by atoms with van der Waals surface area (Å²) >= 11 is 0. The van der Waals surface area contributed by atoms with Crippen molar-refractivity contribution in [1.82, 2.24) is 0 Å². The molecule has 1 unspecified atom stereocenters. The summed E-state index contributed by atoms with van der Waals surface area (Å²) in [5, 5.41) is 0. The molecule has 0 amide bonds. The third-order valence-corrected chi connectivity index (χ3v) is 2.79. The lowest BCUT2D eigenvalue weighted by Crippen LogP contribution is -2.18. The van der Waals surface area contributed by atoms with Crippen molar-refractivity contribution in [1.29, 1.82) is 0 Å². The highest BCUT2D eigenvalue weighted by Gasteiger charge is 2.28. The molecule has 1 saturated heterocycles. The Morgan fingerprint density at radius 2 is 2.18 bits per heavy atom. The van der Waals surface area contributed by atoms with Crippen molar-refractivity contribution in [2.24, 2.45) is 5.92 Å². The quantitative estimate of drug-likeness (QED) is 0.568. The Hall–Kier alpha value is -0.530. The molecule has 2 fully saturated rings. The molecule has 0 spiro atoms. The van der Waals surface area contributed by atoms with Crippen LogP contribution in [0.5, 0.6) is 0 Å². The highest BCUT2D eigenvalue weighted by molar-refractivity contribution is 5.71. The van der Waals surface area contributed by atoms with Crippen LogP contribution in [0.4, 0.5) is 0 Å². The van der Waals surface area contributed by atoms with Gasteiger partial charge in [-0.05, 0) is 18.8 Å². The number of carbonyl (C=O) groups is 1. The number of rotatable bonds is 2. The van der Waals surface area contributed by atoms with Crippen LogP contribution in [0.2, 0.25) is 0 Å². The molecule has 0 aromatic heterocycles.